The molecule has 0 spiro atoms. The molecule has 28 heavy (non-hydrogen) atoms. The number of aryl methyl sites for hydroxylation is 1. The minimum Gasteiger partial charge on any atom is -0.378 e. The SMILES string of the molecule is Cn1cc(-c2ccc3cnc(NC(=O)CN4C5CCC4COC5)cc3c2)cn1. The normalized spacial score (nSPS) is 21.9. The van der Waals surface area contributed by atoms with Gasteiger partial charge in [0.05, 0.1) is 26.0 Å². The molecular weight excluding hydrogens is 354 g/mol. The first-order valence-electron chi connectivity index (χ1n) is 9.68. The monoisotopic (exact) mass is 377 g/mol. The number of carbonyl (C=O) groups is 1. The second-order valence-corrected chi connectivity index (χ2v) is 7.68. The molecule has 2 saturated heterocycles. The molecule has 2 aromatic heterocycles. The van der Waals surface area contributed by atoms with E-state index in [4.69, 9.17) is 4.74 Å². The zero-order valence-electron chi connectivity index (χ0n) is 15.8. The Kier molecular flexibility index (Phi) is 4.33. The number of nitrogens with zero attached hydrogens (tertiary/aromatic N) is 4. The maximum atomic E-state index is 12.6. The van der Waals surface area contributed by atoms with Crippen molar-refractivity contribution in [1.82, 2.24) is 19.7 Å². The van der Waals surface area contributed by atoms with Gasteiger partial charge in [0.15, 0.2) is 0 Å². The minimum absolute atomic E-state index is 0.0194. The number of anilines is 1. The van der Waals surface area contributed by atoms with E-state index in [0.29, 0.717) is 24.4 Å². The summed E-state index contributed by atoms with van der Waals surface area (Å²) in [5.74, 6) is 0.565. The van der Waals surface area contributed by atoms with Crippen molar-refractivity contribution in [2.24, 2.45) is 7.05 Å². The van der Waals surface area contributed by atoms with Crippen LogP contribution in [0.4, 0.5) is 5.82 Å². The van der Waals surface area contributed by atoms with E-state index in [1.165, 1.54) is 0 Å². The van der Waals surface area contributed by atoms with Crippen LogP contribution in [0, 0.1) is 0 Å². The molecule has 2 bridgehead atoms. The van der Waals surface area contributed by atoms with E-state index >= 15 is 0 Å². The van der Waals surface area contributed by atoms with Crippen LogP contribution >= 0.6 is 0 Å². The zero-order valence-corrected chi connectivity index (χ0v) is 15.8. The van der Waals surface area contributed by atoms with Crippen molar-refractivity contribution < 1.29 is 9.53 Å². The fraction of sp³-hybridized carbons (Fsp3) is 0.381. The van der Waals surface area contributed by atoms with E-state index in [0.717, 1.165) is 48.0 Å². The molecule has 2 aliphatic heterocycles. The first-order valence-corrected chi connectivity index (χ1v) is 9.68. The number of nitrogens with one attached hydrogen (secondary N) is 1. The van der Waals surface area contributed by atoms with Crippen molar-refractivity contribution in [3.8, 4) is 11.1 Å². The summed E-state index contributed by atoms with van der Waals surface area (Å²) >= 11 is 0. The molecule has 2 aliphatic rings. The molecular formula is C21H23N5O2. The molecule has 7 heteroatoms. The van der Waals surface area contributed by atoms with Gasteiger partial charge in [-0.3, -0.25) is 14.4 Å². The first-order chi connectivity index (χ1) is 13.7. The Hall–Kier alpha value is -2.77. The molecule has 0 saturated carbocycles. The Morgan fingerprint density at radius 1 is 1.14 bits per heavy atom. The van der Waals surface area contributed by atoms with Gasteiger partial charge in [-0.25, -0.2) is 4.98 Å². The topological polar surface area (TPSA) is 72.3 Å². The van der Waals surface area contributed by atoms with Crippen LogP contribution in [-0.2, 0) is 16.6 Å². The van der Waals surface area contributed by atoms with Crippen molar-refractivity contribution in [2.75, 3.05) is 25.1 Å². The molecule has 5 rings (SSSR count). The lowest BCUT2D eigenvalue weighted by molar-refractivity contribution is -0.120. The van der Waals surface area contributed by atoms with Gasteiger partial charge in [-0.1, -0.05) is 12.1 Å². The average molecular weight is 377 g/mol. The number of benzene rings is 1. The van der Waals surface area contributed by atoms with Crippen LogP contribution in [0.1, 0.15) is 12.8 Å². The minimum atomic E-state index is -0.0194. The summed E-state index contributed by atoms with van der Waals surface area (Å²) in [5, 5.41) is 9.28. The van der Waals surface area contributed by atoms with Gasteiger partial charge in [0.1, 0.15) is 5.82 Å². The molecule has 2 atom stereocenters. The third-order valence-corrected chi connectivity index (χ3v) is 5.75. The summed E-state index contributed by atoms with van der Waals surface area (Å²) < 4.78 is 7.38. The predicted molar refractivity (Wildman–Crippen MR) is 107 cm³/mol. The lowest BCUT2D eigenvalue weighted by Crippen LogP contribution is -2.48. The first kappa shape index (κ1) is 17.3. The number of morpholine rings is 1. The van der Waals surface area contributed by atoms with Crippen LogP contribution in [0.5, 0.6) is 0 Å². The van der Waals surface area contributed by atoms with E-state index < -0.39 is 0 Å². The molecule has 1 N–H and O–H groups in total. The summed E-state index contributed by atoms with van der Waals surface area (Å²) in [5.41, 5.74) is 2.16. The standard InChI is InChI=1S/C21H23N5O2/c1-25-10-17(9-23-25)14-2-3-15-8-22-20(7-16(15)6-14)24-21(27)11-26-18-4-5-19(26)13-28-12-18/h2-3,6-10,18-19H,4-5,11-13H2,1H3,(H,22,24,27). The van der Waals surface area contributed by atoms with Crippen LogP contribution in [-0.4, -0.2) is 57.4 Å². The third kappa shape index (κ3) is 3.27. The Labute approximate surface area is 163 Å². The maximum absolute atomic E-state index is 12.6. The van der Waals surface area contributed by atoms with Crippen LogP contribution < -0.4 is 5.32 Å². The van der Waals surface area contributed by atoms with Crippen molar-refractivity contribution in [1.29, 1.82) is 0 Å². The second-order valence-electron chi connectivity index (χ2n) is 7.68. The van der Waals surface area contributed by atoms with Gasteiger partial charge in [0, 0.05) is 42.5 Å². The lowest BCUT2D eigenvalue weighted by atomic mass is 10.1. The number of hydrogen-bond acceptors (Lipinski definition) is 5. The molecule has 3 aromatic rings. The third-order valence-electron chi connectivity index (χ3n) is 5.75. The summed E-state index contributed by atoms with van der Waals surface area (Å²) in [6.45, 7) is 1.86. The highest BCUT2D eigenvalue weighted by Crippen LogP contribution is 2.28. The highest BCUT2D eigenvalue weighted by atomic mass is 16.5. The van der Waals surface area contributed by atoms with Crippen LogP contribution in [0.2, 0.25) is 0 Å². The summed E-state index contributed by atoms with van der Waals surface area (Å²) in [4.78, 5) is 19.3. The van der Waals surface area contributed by atoms with Crippen LogP contribution in [0.25, 0.3) is 21.9 Å². The van der Waals surface area contributed by atoms with Crippen molar-refractivity contribution in [2.45, 2.75) is 24.9 Å². The lowest BCUT2D eigenvalue weighted by Gasteiger charge is -2.33. The van der Waals surface area contributed by atoms with Gasteiger partial charge in [-0.05, 0) is 35.9 Å². The number of carbonyl (C=O) groups excluding carboxylic acids is 1. The number of hydrogen-bond donors (Lipinski definition) is 1. The number of pyridine rings is 1. The van der Waals surface area contributed by atoms with Crippen molar-refractivity contribution in [3.05, 3.63) is 42.9 Å². The Balaban J connectivity index is 1.33. The highest BCUT2D eigenvalue weighted by Gasteiger charge is 2.38. The summed E-state index contributed by atoms with van der Waals surface area (Å²) in [7, 11) is 1.91. The van der Waals surface area contributed by atoms with Crippen LogP contribution in [0.15, 0.2) is 42.9 Å². The Morgan fingerprint density at radius 3 is 2.71 bits per heavy atom. The van der Waals surface area contributed by atoms with E-state index in [2.05, 4.69) is 32.4 Å². The number of aromatic nitrogens is 3. The number of ether oxygens (including phenoxy) is 1. The molecule has 7 nitrogen and oxygen atoms in total. The molecule has 0 radical (unpaired) electrons. The zero-order chi connectivity index (χ0) is 19.1. The molecule has 1 amide bonds. The smallest absolute Gasteiger partial charge is 0.239 e. The average Bonchev–Trinajstić information content (AvgIpc) is 3.20. The van der Waals surface area contributed by atoms with Gasteiger partial charge >= 0.3 is 0 Å². The van der Waals surface area contributed by atoms with Crippen molar-refractivity contribution >= 4 is 22.5 Å². The molecule has 0 aliphatic carbocycles. The van der Waals surface area contributed by atoms with Crippen molar-refractivity contribution in [3.63, 3.8) is 0 Å². The fourth-order valence-electron chi connectivity index (χ4n) is 4.28. The van der Waals surface area contributed by atoms with Gasteiger partial charge in [-0.15, -0.1) is 0 Å². The molecule has 144 valence electrons. The highest BCUT2D eigenvalue weighted by molar-refractivity contribution is 5.94. The molecule has 2 unspecified atom stereocenters. The predicted octanol–water partition coefficient (Wildman–Crippen LogP) is 2.44. The van der Waals surface area contributed by atoms with Gasteiger partial charge in [0.2, 0.25) is 5.91 Å². The van der Waals surface area contributed by atoms with E-state index in [-0.39, 0.29) is 5.91 Å². The Morgan fingerprint density at radius 2 is 1.96 bits per heavy atom. The van der Waals surface area contributed by atoms with Crippen LogP contribution in [0.3, 0.4) is 0 Å². The fourth-order valence-corrected chi connectivity index (χ4v) is 4.28. The summed E-state index contributed by atoms with van der Waals surface area (Å²) in [6, 6.07) is 8.88. The molecule has 1 aromatic carbocycles. The number of rotatable bonds is 4. The number of amides is 1. The molecule has 2 fully saturated rings. The van der Waals surface area contributed by atoms with Gasteiger partial charge in [0.25, 0.3) is 0 Å². The number of fused-ring (bicyclic) bond motifs is 3. The largest absolute Gasteiger partial charge is 0.378 e. The molecule has 4 heterocycles. The van der Waals surface area contributed by atoms with E-state index in [9.17, 15) is 4.79 Å². The van der Waals surface area contributed by atoms with Gasteiger partial charge < -0.3 is 10.1 Å². The maximum Gasteiger partial charge on any atom is 0.239 e. The second kappa shape index (κ2) is 7.00. The Bertz CT molecular complexity index is 1010. The van der Waals surface area contributed by atoms with E-state index in [1.807, 2.05) is 31.6 Å². The summed E-state index contributed by atoms with van der Waals surface area (Å²) in [6.07, 6.45) is 7.87. The van der Waals surface area contributed by atoms with E-state index in [1.54, 1.807) is 10.9 Å². The quantitative estimate of drug-likeness (QED) is 0.756. The van der Waals surface area contributed by atoms with Gasteiger partial charge in [-0.2, -0.15) is 5.10 Å².